The van der Waals surface area contributed by atoms with Crippen LogP contribution in [0.3, 0.4) is 0 Å². The average molecular weight is 414 g/mol. The van der Waals surface area contributed by atoms with Crippen molar-refractivity contribution in [3.8, 4) is 29.0 Å². The topological polar surface area (TPSA) is 80.3 Å². The van der Waals surface area contributed by atoms with Crippen LogP contribution in [0.4, 0.5) is 5.88 Å². The van der Waals surface area contributed by atoms with Crippen molar-refractivity contribution in [3.05, 3.63) is 23.9 Å². The standard InChI is InChI=1S/C24H35N3O3/c1-4-5-6-7-8-9-10-11-12-13-16-26-24-20(18-25)27-23(30-24)19-14-15-21(28-2)22(17-19)29-3/h14-15,17,26H,4-13,16H2,1-3H3. The van der Waals surface area contributed by atoms with Gasteiger partial charge in [0, 0.05) is 12.1 Å². The van der Waals surface area contributed by atoms with Crippen molar-refractivity contribution in [1.29, 1.82) is 5.26 Å². The van der Waals surface area contributed by atoms with Crippen LogP contribution in [0.2, 0.25) is 0 Å². The van der Waals surface area contributed by atoms with Crippen LogP contribution in [-0.2, 0) is 0 Å². The Balaban J connectivity index is 1.77. The van der Waals surface area contributed by atoms with Gasteiger partial charge in [-0.15, -0.1) is 0 Å². The van der Waals surface area contributed by atoms with Crippen molar-refractivity contribution >= 4 is 5.88 Å². The van der Waals surface area contributed by atoms with Gasteiger partial charge >= 0.3 is 0 Å². The molecule has 0 unspecified atom stereocenters. The van der Waals surface area contributed by atoms with Gasteiger partial charge in [-0.1, -0.05) is 64.7 Å². The number of hydrogen-bond acceptors (Lipinski definition) is 6. The normalized spacial score (nSPS) is 10.6. The number of hydrogen-bond donors (Lipinski definition) is 1. The first-order valence-corrected chi connectivity index (χ1v) is 11.1. The maximum Gasteiger partial charge on any atom is 0.232 e. The summed E-state index contributed by atoms with van der Waals surface area (Å²) in [7, 11) is 3.17. The molecule has 2 aromatic rings. The molecule has 0 bridgehead atoms. The summed E-state index contributed by atoms with van der Waals surface area (Å²) in [6.07, 6.45) is 12.9. The Bertz CT molecular complexity index is 795. The molecule has 164 valence electrons. The second-order valence-corrected chi connectivity index (χ2v) is 7.49. The Morgan fingerprint density at radius 1 is 0.933 bits per heavy atom. The zero-order valence-corrected chi connectivity index (χ0v) is 18.6. The van der Waals surface area contributed by atoms with Crippen molar-refractivity contribution < 1.29 is 13.9 Å². The summed E-state index contributed by atoms with van der Waals surface area (Å²) >= 11 is 0. The molecule has 1 aromatic heterocycles. The number of nitriles is 1. The molecule has 1 N–H and O–H groups in total. The molecule has 0 saturated carbocycles. The SMILES string of the molecule is CCCCCCCCCCCCNc1oc(-c2ccc(OC)c(OC)c2)nc1C#N. The van der Waals surface area contributed by atoms with Gasteiger partial charge < -0.3 is 19.2 Å². The number of nitrogens with one attached hydrogen (secondary N) is 1. The van der Waals surface area contributed by atoms with E-state index in [4.69, 9.17) is 13.9 Å². The van der Waals surface area contributed by atoms with Crippen molar-refractivity contribution in [1.82, 2.24) is 4.98 Å². The van der Waals surface area contributed by atoms with Crippen LogP contribution < -0.4 is 14.8 Å². The van der Waals surface area contributed by atoms with Crippen LogP contribution in [0, 0.1) is 11.3 Å². The third kappa shape index (κ3) is 7.29. The first-order valence-electron chi connectivity index (χ1n) is 11.1. The van der Waals surface area contributed by atoms with Crippen molar-refractivity contribution in [3.63, 3.8) is 0 Å². The molecule has 0 spiro atoms. The summed E-state index contributed by atoms with van der Waals surface area (Å²) in [5, 5.41) is 12.6. The molecule has 0 aliphatic carbocycles. The van der Waals surface area contributed by atoms with Gasteiger partial charge in [0.15, 0.2) is 11.5 Å². The van der Waals surface area contributed by atoms with E-state index in [-0.39, 0.29) is 5.69 Å². The number of nitrogens with zero attached hydrogens (tertiary/aromatic N) is 2. The lowest BCUT2D eigenvalue weighted by molar-refractivity contribution is 0.355. The van der Waals surface area contributed by atoms with Gasteiger partial charge in [0.2, 0.25) is 17.5 Å². The highest BCUT2D eigenvalue weighted by molar-refractivity contribution is 5.63. The van der Waals surface area contributed by atoms with E-state index >= 15 is 0 Å². The molecular weight excluding hydrogens is 378 g/mol. The highest BCUT2D eigenvalue weighted by Crippen LogP contribution is 2.33. The van der Waals surface area contributed by atoms with Gasteiger partial charge in [-0.25, -0.2) is 0 Å². The lowest BCUT2D eigenvalue weighted by Crippen LogP contribution is -2.01. The third-order valence-corrected chi connectivity index (χ3v) is 5.18. The summed E-state index contributed by atoms with van der Waals surface area (Å²) in [6, 6.07) is 7.52. The number of methoxy groups -OCH3 is 2. The molecular formula is C24H35N3O3. The van der Waals surface area contributed by atoms with Crippen LogP contribution in [0.25, 0.3) is 11.5 Å². The molecule has 0 atom stereocenters. The number of oxazole rings is 1. The van der Waals surface area contributed by atoms with Crippen LogP contribution in [-0.4, -0.2) is 25.7 Å². The molecule has 0 aliphatic heterocycles. The number of aromatic nitrogens is 1. The summed E-state index contributed by atoms with van der Waals surface area (Å²) in [5.74, 6) is 2.04. The maximum absolute atomic E-state index is 9.38. The maximum atomic E-state index is 9.38. The molecule has 30 heavy (non-hydrogen) atoms. The van der Waals surface area contributed by atoms with Crippen LogP contribution in [0.1, 0.15) is 76.8 Å². The lowest BCUT2D eigenvalue weighted by Gasteiger charge is -2.07. The largest absolute Gasteiger partial charge is 0.493 e. The quantitative estimate of drug-likeness (QED) is 0.333. The van der Waals surface area contributed by atoms with Gasteiger partial charge in [0.05, 0.1) is 14.2 Å². The fourth-order valence-electron chi connectivity index (χ4n) is 3.42. The first-order chi connectivity index (χ1) is 14.7. The summed E-state index contributed by atoms with van der Waals surface area (Å²) in [4.78, 5) is 4.31. The molecule has 0 radical (unpaired) electrons. The molecule has 0 aliphatic rings. The zero-order chi connectivity index (χ0) is 21.6. The Kier molecular flexibility index (Phi) is 10.6. The Hall–Kier alpha value is -2.68. The molecule has 6 heteroatoms. The highest BCUT2D eigenvalue weighted by atomic mass is 16.5. The minimum atomic E-state index is 0.270. The van der Waals surface area contributed by atoms with Gasteiger partial charge in [-0.2, -0.15) is 10.2 Å². The van der Waals surface area contributed by atoms with Gasteiger partial charge in [-0.05, 0) is 24.6 Å². The minimum absolute atomic E-state index is 0.270. The van der Waals surface area contributed by atoms with Crippen molar-refractivity contribution in [2.75, 3.05) is 26.1 Å². The van der Waals surface area contributed by atoms with E-state index < -0.39 is 0 Å². The van der Waals surface area contributed by atoms with Gasteiger partial charge in [0.25, 0.3) is 0 Å². The number of unbranched alkanes of at least 4 members (excludes halogenated alkanes) is 9. The summed E-state index contributed by atoms with van der Waals surface area (Å²) < 4.78 is 16.4. The molecule has 2 rings (SSSR count). The monoisotopic (exact) mass is 413 g/mol. The van der Waals surface area contributed by atoms with E-state index in [1.807, 2.05) is 6.07 Å². The average Bonchev–Trinajstić information content (AvgIpc) is 3.20. The molecule has 1 aromatic carbocycles. The molecule has 0 fully saturated rings. The van der Waals surface area contributed by atoms with E-state index in [2.05, 4.69) is 23.3 Å². The van der Waals surface area contributed by atoms with E-state index in [0.717, 1.165) is 18.5 Å². The number of benzene rings is 1. The Morgan fingerprint density at radius 3 is 2.17 bits per heavy atom. The Morgan fingerprint density at radius 2 is 1.57 bits per heavy atom. The van der Waals surface area contributed by atoms with Crippen LogP contribution in [0.15, 0.2) is 22.6 Å². The third-order valence-electron chi connectivity index (χ3n) is 5.18. The first kappa shape index (κ1) is 23.6. The van der Waals surface area contributed by atoms with E-state index in [9.17, 15) is 5.26 Å². The predicted molar refractivity (Wildman–Crippen MR) is 120 cm³/mol. The van der Waals surface area contributed by atoms with Gasteiger partial charge in [0.1, 0.15) is 6.07 Å². The summed E-state index contributed by atoms with van der Waals surface area (Å²) in [5.41, 5.74) is 1.00. The zero-order valence-electron chi connectivity index (χ0n) is 18.6. The van der Waals surface area contributed by atoms with E-state index in [1.54, 1.807) is 26.4 Å². The Labute approximate surface area is 180 Å². The highest BCUT2D eigenvalue weighted by Gasteiger charge is 2.16. The van der Waals surface area contributed by atoms with Gasteiger partial charge in [-0.3, -0.25) is 0 Å². The minimum Gasteiger partial charge on any atom is -0.493 e. The second-order valence-electron chi connectivity index (χ2n) is 7.49. The molecule has 6 nitrogen and oxygen atoms in total. The molecule has 0 saturated heterocycles. The molecule has 1 heterocycles. The lowest BCUT2D eigenvalue weighted by atomic mass is 10.1. The fourth-order valence-corrected chi connectivity index (χ4v) is 3.42. The van der Waals surface area contributed by atoms with E-state index in [1.165, 1.54) is 57.8 Å². The number of rotatable bonds is 15. The second kappa shape index (κ2) is 13.5. The molecule has 0 amide bonds. The van der Waals surface area contributed by atoms with E-state index in [0.29, 0.717) is 23.3 Å². The smallest absolute Gasteiger partial charge is 0.232 e. The van der Waals surface area contributed by atoms with Crippen LogP contribution in [0.5, 0.6) is 11.5 Å². The summed E-state index contributed by atoms with van der Waals surface area (Å²) in [6.45, 7) is 3.02. The number of ether oxygens (including phenoxy) is 2. The number of anilines is 1. The fraction of sp³-hybridized carbons (Fsp3) is 0.583. The van der Waals surface area contributed by atoms with Crippen molar-refractivity contribution in [2.45, 2.75) is 71.1 Å². The van der Waals surface area contributed by atoms with Crippen molar-refractivity contribution in [2.24, 2.45) is 0 Å². The van der Waals surface area contributed by atoms with Crippen LogP contribution >= 0.6 is 0 Å². The predicted octanol–water partition coefficient (Wildman–Crippen LogP) is 6.56.